The summed E-state index contributed by atoms with van der Waals surface area (Å²) in [7, 11) is 1.59. The van der Waals surface area contributed by atoms with Crippen LogP contribution >= 0.6 is 27.5 Å². The lowest BCUT2D eigenvalue weighted by Crippen LogP contribution is -2.11. The number of aromatic nitrogens is 3. The number of hydrogen-bond acceptors (Lipinski definition) is 5. The van der Waals surface area contributed by atoms with Gasteiger partial charge < -0.3 is 15.4 Å². The highest BCUT2D eigenvalue weighted by molar-refractivity contribution is 9.09. The second kappa shape index (κ2) is 10.7. The summed E-state index contributed by atoms with van der Waals surface area (Å²) in [4.78, 5) is 21.0. The summed E-state index contributed by atoms with van der Waals surface area (Å²) in [6, 6.07) is 13.1. The highest BCUT2D eigenvalue weighted by Crippen LogP contribution is 2.31. The number of fused-ring (bicyclic) bond motifs is 1. The topological polar surface area (TPSA) is 80.5 Å². The fourth-order valence-corrected chi connectivity index (χ4v) is 4.08. The summed E-state index contributed by atoms with van der Waals surface area (Å²) in [5.74, 6) is 1.26. The molecule has 0 bridgehead atoms. The lowest BCUT2D eigenvalue weighted by atomic mass is 10.1. The van der Waals surface area contributed by atoms with Crippen molar-refractivity contribution < 1.29 is 9.53 Å². The zero-order valence-corrected chi connectivity index (χ0v) is 20.4. The standard InChI is InChI=1S/C24H23BrClN5O2/c1-33-21-10-5-16(14-19(21)26)20-15-28-24-23(27-12-13-31(20)24)30-18-8-6-17(7-9-18)29-22(32)4-2-3-11-25/h5-10,12-15H,2-4,11H2,1H3,(H,27,30)(H,29,32). The number of anilines is 3. The van der Waals surface area contributed by atoms with E-state index in [4.69, 9.17) is 16.3 Å². The Labute approximate surface area is 205 Å². The summed E-state index contributed by atoms with van der Waals surface area (Å²) in [5.41, 5.74) is 4.09. The average Bonchev–Trinajstić information content (AvgIpc) is 3.26. The number of ether oxygens (including phenoxy) is 1. The molecule has 1 amide bonds. The Morgan fingerprint density at radius 2 is 1.91 bits per heavy atom. The van der Waals surface area contributed by atoms with Crippen molar-refractivity contribution in [3.63, 3.8) is 0 Å². The van der Waals surface area contributed by atoms with Gasteiger partial charge in [-0.15, -0.1) is 0 Å². The third kappa shape index (κ3) is 5.46. The number of halogens is 2. The molecule has 170 valence electrons. The van der Waals surface area contributed by atoms with Crippen molar-refractivity contribution in [3.05, 3.63) is 66.1 Å². The second-order valence-electron chi connectivity index (χ2n) is 7.36. The largest absolute Gasteiger partial charge is 0.495 e. The maximum absolute atomic E-state index is 12.0. The fraction of sp³-hybridized carbons (Fsp3) is 0.208. The maximum atomic E-state index is 12.0. The molecular formula is C24H23BrClN5O2. The summed E-state index contributed by atoms with van der Waals surface area (Å²) in [6.45, 7) is 0. The van der Waals surface area contributed by atoms with E-state index in [9.17, 15) is 4.79 Å². The molecule has 0 atom stereocenters. The molecule has 0 aliphatic heterocycles. The van der Waals surface area contributed by atoms with E-state index in [0.717, 1.165) is 40.8 Å². The lowest BCUT2D eigenvalue weighted by Gasteiger charge is -2.10. The van der Waals surface area contributed by atoms with Crippen LogP contribution in [0.1, 0.15) is 19.3 Å². The van der Waals surface area contributed by atoms with Crippen LogP contribution in [0.2, 0.25) is 5.02 Å². The van der Waals surface area contributed by atoms with Gasteiger partial charge in [0, 0.05) is 41.1 Å². The van der Waals surface area contributed by atoms with Gasteiger partial charge in [-0.05, 0) is 55.3 Å². The van der Waals surface area contributed by atoms with Crippen molar-refractivity contribution >= 4 is 56.3 Å². The van der Waals surface area contributed by atoms with Gasteiger partial charge in [0.25, 0.3) is 0 Å². The SMILES string of the molecule is COc1ccc(-c2cnc3c(Nc4ccc(NC(=O)CCCCBr)cc4)nccn23)cc1Cl. The lowest BCUT2D eigenvalue weighted by molar-refractivity contribution is -0.116. The first-order chi connectivity index (χ1) is 16.1. The van der Waals surface area contributed by atoms with Gasteiger partial charge >= 0.3 is 0 Å². The van der Waals surface area contributed by atoms with Crippen LogP contribution in [0.25, 0.3) is 16.9 Å². The van der Waals surface area contributed by atoms with Crippen LogP contribution in [0.4, 0.5) is 17.2 Å². The van der Waals surface area contributed by atoms with Crippen LogP contribution in [0.15, 0.2) is 61.1 Å². The van der Waals surface area contributed by atoms with Crippen molar-refractivity contribution in [2.24, 2.45) is 0 Å². The molecule has 0 spiro atoms. The molecule has 2 aromatic carbocycles. The maximum Gasteiger partial charge on any atom is 0.224 e. The van der Waals surface area contributed by atoms with E-state index in [1.807, 2.05) is 53.1 Å². The van der Waals surface area contributed by atoms with Gasteiger partial charge in [0.2, 0.25) is 5.91 Å². The van der Waals surface area contributed by atoms with E-state index < -0.39 is 0 Å². The molecule has 2 heterocycles. The number of nitrogens with one attached hydrogen (secondary N) is 2. The van der Waals surface area contributed by atoms with E-state index in [1.165, 1.54) is 0 Å². The number of hydrogen-bond donors (Lipinski definition) is 2. The number of imidazole rings is 1. The molecule has 0 aliphatic carbocycles. The van der Waals surface area contributed by atoms with Gasteiger partial charge in [0.1, 0.15) is 5.75 Å². The molecular weight excluding hydrogens is 506 g/mol. The second-order valence-corrected chi connectivity index (χ2v) is 8.56. The van der Waals surface area contributed by atoms with Gasteiger partial charge in [-0.3, -0.25) is 9.20 Å². The molecule has 4 rings (SSSR count). The molecule has 0 radical (unpaired) electrons. The zero-order valence-electron chi connectivity index (χ0n) is 18.0. The summed E-state index contributed by atoms with van der Waals surface area (Å²) in [5, 5.41) is 7.67. The van der Waals surface area contributed by atoms with E-state index in [0.29, 0.717) is 28.7 Å². The first kappa shape index (κ1) is 23.1. The number of unbranched alkanes of at least 4 members (excludes halogenated alkanes) is 1. The zero-order chi connectivity index (χ0) is 23.2. The van der Waals surface area contributed by atoms with E-state index in [-0.39, 0.29) is 5.91 Å². The van der Waals surface area contributed by atoms with Gasteiger partial charge in [0.15, 0.2) is 11.5 Å². The van der Waals surface area contributed by atoms with Crippen molar-refractivity contribution in [3.8, 4) is 17.0 Å². The Morgan fingerprint density at radius 1 is 1.12 bits per heavy atom. The molecule has 0 aliphatic rings. The molecule has 4 aromatic rings. The third-order valence-corrected chi connectivity index (χ3v) is 5.95. The minimum absolute atomic E-state index is 0.0200. The van der Waals surface area contributed by atoms with Gasteiger partial charge in [-0.1, -0.05) is 27.5 Å². The predicted molar refractivity (Wildman–Crippen MR) is 136 cm³/mol. The number of benzene rings is 2. The number of amides is 1. The van der Waals surface area contributed by atoms with Crippen LogP contribution in [0.5, 0.6) is 5.75 Å². The monoisotopic (exact) mass is 527 g/mol. The van der Waals surface area contributed by atoms with E-state index >= 15 is 0 Å². The smallest absolute Gasteiger partial charge is 0.224 e. The summed E-state index contributed by atoms with van der Waals surface area (Å²) in [6.07, 6.45) is 7.72. The van der Waals surface area contributed by atoms with Crippen LogP contribution in [0, 0.1) is 0 Å². The molecule has 33 heavy (non-hydrogen) atoms. The van der Waals surface area contributed by atoms with Crippen LogP contribution in [-0.4, -0.2) is 32.7 Å². The van der Waals surface area contributed by atoms with Gasteiger partial charge in [-0.25, -0.2) is 9.97 Å². The predicted octanol–water partition coefficient (Wildman–Crippen LogP) is 6.31. The molecule has 0 saturated carbocycles. The molecule has 0 fully saturated rings. The Balaban J connectivity index is 1.50. The van der Waals surface area contributed by atoms with E-state index in [1.54, 1.807) is 19.5 Å². The number of carbonyl (C=O) groups excluding carboxylic acids is 1. The molecule has 9 heteroatoms. The third-order valence-electron chi connectivity index (χ3n) is 5.09. The Kier molecular flexibility index (Phi) is 7.47. The highest BCUT2D eigenvalue weighted by atomic mass is 79.9. The molecule has 2 aromatic heterocycles. The molecule has 0 saturated heterocycles. The molecule has 0 unspecified atom stereocenters. The number of methoxy groups -OCH3 is 1. The summed E-state index contributed by atoms with van der Waals surface area (Å²) < 4.78 is 7.20. The number of carbonyl (C=O) groups is 1. The van der Waals surface area contributed by atoms with E-state index in [2.05, 4.69) is 36.5 Å². The van der Waals surface area contributed by atoms with Crippen molar-refractivity contribution in [1.29, 1.82) is 0 Å². The van der Waals surface area contributed by atoms with Crippen LogP contribution in [0.3, 0.4) is 0 Å². The van der Waals surface area contributed by atoms with Crippen LogP contribution < -0.4 is 15.4 Å². The number of alkyl halides is 1. The Bertz CT molecular complexity index is 1260. The van der Waals surface area contributed by atoms with Crippen molar-refractivity contribution in [1.82, 2.24) is 14.4 Å². The first-order valence-corrected chi connectivity index (χ1v) is 12.0. The fourth-order valence-electron chi connectivity index (χ4n) is 3.42. The highest BCUT2D eigenvalue weighted by Gasteiger charge is 2.12. The number of nitrogens with zero attached hydrogens (tertiary/aromatic N) is 3. The quantitative estimate of drug-likeness (QED) is 0.197. The Morgan fingerprint density at radius 3 is 2.64 bits per heavy atom. The number of rotatable bonds is 9. The average molecular weight is 529 g/mol. The first-order valence-electron chi connectivity index (χ1n) is 10.5. The van der Waals surface area contributed by atoms with Crippen molar-refractivity contribution in [2.75, 3.05) is 23.1 Å². The Hall–Kier alpha value is -3.10. The van der Waals surface area contributed by atoms with Crippen molar-refractivity contribution in [2.45, 2.75) is 19.3 Å². The van der Waals surface area contributed by atoms with Crippen LogP contribution in [-0.2, 0) is 4.79 Å². The molecule has 2 N–H and O–H groups in total. The normalized spacial score (nSPS) is 10.9. The van der Waals surface area contributed by atoms with Gasteiger partial charge in [0.05, 0.1) is 24.0 Å². The molecule has 7 nitrogen and oxygen atoms in total. The minimum atomic E-state index is 0.0200. The summed E-state index contributed by atoms with van der Waals surface area (Å²) >= 11 is 9.68. The van der Waals surface area contributed by atoms with Gasteiger partial charge in [-0.2, -0.15) is 0 Å². The minimum Gasteiger partial charge on any atom is -0.495 e.